The summed E-state index contributed by atoms with van der Waals surface area (Å²) in [6.45, 7) is 5.94. The fraction of sp³-hybridized carbons (Fsp3) is 0.900. The van der Waals surface area contributed by atoms with Gasteiger partial charge in [0.2, 0.25) is 5.91 Å². The largest absolute Gasteiger partial charge is 0.393 e. The van der Waals surface area contributed by atoms with Gasteiger partial charge in [0.05, 0.1) is 11.5 Å². The number of amides is 1. The number of halogens is 1. The van der Waals surface area contributed by atoms with E-state index in [9.17, 15) is 4.79 Å². The molecule has 0 aromatic carbocycles. The molecular weight excluding hydrogens is 216 g/mol. The zero-order valence-corrected chi connectivity index (χ0v) is 10.2. The van der Waals surface area contributed by atoms with Gasteiger partial charge in [-0.2, -0.15) is 0 Å². The first-order valence-electron chi connectivity index (χ1n) is 5.22. The number of carbonyl (C=O) groups is 1. The predicted molar refractivity (Wildman–Crippen MR) is 62.1 cm³/mol. The summed E-state index contributed by atoms with van der Waals surface area (Å²) in [5, 5.41) is 15.1. The average molecular weight is 237 g/mol. The van der Waals surface area contributed by atoms with Crippen LogP contribution in [0.5, 0.6) is 0 Å². The topological polar surface area (TPSA) is 61.4 Å². The van der Waals surface area contributed by atoms with Crippen molar-refractivity contribution >= 4 is 18.3 Å². The third kappa shape index (κ3) is 4.36. The van der Waals surface area contributed by atoms with Crippen LogP contribution in [0, 0.1) is 5.41 Å². The zero-order valence-electron chi connectivity index (χ0n) is 9.38. The van der Waals surface area contributed by atoms with Gasteiger partial charge in [0, 0.05) is 13.1 Å². The first-order chi connectivity index (χ1) is 6.54. The fourth-order valence-corrected chi connectivity index (χ4v) is 1.62. The van der Waals surface area contributed by atoms with E-state index in [0.717, 1.165) is 19.5 Å². The molecule has 0 saturated carbocycles. The monoisotopic (exact) mass is 236 g/mol. The van der Waals surface area contributed by atoms with Crippen LogP contribution in [-0.2, 0) is 4.79 Å². The summed E-state index contributed by atoms with van der Waals surface area (Å²) in [5.74, 6) is 0.100. The molecule has 0 aromatic rings. The van der Waals surface area contributed by atoms with Crippen LogP contribution in [0.1, 0.15) is 26.7 Å². The molecule has 0 bridgehead atoms. The lowest BCUT2D eigenvalue weighted by molar-refractivity contribution is -0.129. The summed E-state index contributed by atoms with van der Waals surface area (Å²) in [4.78, 5) is 11.7. The Labute approximate surface area is 97.2 Å². The van der Waals surface area contributed by atoms with Crippen molar-refractivity contribution in [2.45, 2.75) is 32.8 Å². The van der Waals surface area contributed by atoms with E-state index in [1.165, 1.54) is 0 Å². The maximum atomic E-state index is 11.7. The number of hydrogen-bond acceptors (Lipinski definition) is 3. The van der Waals surface area contributed by atoms with Crippen molar-refractivity contribution in [1.82, 2.24) is 10.6 Å². The van der Waals surface area contributed by atoms with Crippen molar-refractivity contribution < 1.29 is 9.90 Å². The molecule has 4 nitrogen and oxygen atoms in total. The maximum Gasteiger partial charge on any atom is 0.227 e. The highest BCUT2D eigenvalue weighted by Crippen LogP contribution is 2.24. The Bertz CT molecular complexity index is 204. The van der Waals surface area contributed by atoms with Crippen LogP contribution in [0.2, 0.25) is 0 Å². The van der Waals surface area contributed by atoms with Crippen LogP contribution in [0.3, 0.4) is 0 Å². The second-order valence-corrected chi connectivity index (χ2v) is 4.38. The smallest absolute Gasteiger partial charge is 0.227 e. The Morgan fingerprint density at radius 3 is 2.80 bits per heavy atom. The minimum absolute atomic E-state index is 0. The first kappa shape index (κ1) is 14.7. The van der Waals surface area contributed by atoms with Gasteiger partial charge in [-0.05, 0) is 33.2 Å². The number of carbonyl (C=O) groups excluding carboxylic acids is 1. The third-order valence-corrected chi connectivity index (χ3v) is 2.76. The van der Waals surface area contributed by atoms with E-state index in [-0.39, 0.29) is 29.8 Å². The summed E-state index contributed by atoms with van der Waals surface area (Å²) in [7, 11) is 0. The summed E-state index contributed by atoms with van der Waals surface area (Å²) in [6, 6.07) is 0. The van der Waals surface area contributed by atoms with Crippen molar-refractivity contribution in [3.8, 4) is 0 Å². The van der Waals surface area contributed by atoms with Crippen molar-refractivity contribution in [3.05, 3.63) is 0 Å². The molecule has 15 heavy (non-hydrogen) atoms. The second-order valence-electron chi connectivity index (χ2n) is 4.38. The third-order valence-electron chi connectivity index (χ3n) is 2.76. The molecule has 1 rings (SSSR count). The normalized spacial score (nSPS) is 26.9. The molecule has 1 saturated heterocycles. The van der Waals surface area contributed by atoms with Crippen molar-refractivity contribution in [3.63, 3.8) is 0 Å². The van der Waals surface area contributed by atoms with Gasteiger partial charge in [-0.25, -0.2) is 0 Å². The number of nitrogens with one attached hydrogen (secondary N) is 2. The number of aliphatic hydroxyl groups is 1. The van der Waals surface area contributed by atoms with Crippen LogP contribution in [0.15, 0.2) is 0 Å². The summed E-state index contributed by atoms with van der Waals surface area (Å²) < 4.78 is 0. The molecule has 90 valence electrons. The molecule has 2 unspecified atom stereocenters. The molecule has 1 fully saturated rings. The lowest BCUT2D eigenvalue weighted by atomic mass is 9.89. The van der Waals surface area contributed by atoms with Gasteiger partial charge in [-0.3, -0.25) is 4.79 Å². The minimum Gasteiger partial charge on any atom is -0.393 e. The van der Waals surface area contributed by atoms with Crippen molar-refractivity contribution in [1.29, 1.82) is 0 Å². The summed E-state index contributed by atoms with van der Waals surface area (Å²) in [5.41, 5.74) is -0.251. The van der Waals surface area contributed by atoms with Crippen molar-refractivity contribution in [2.24, 2.45) is 5.41 Å². The van der Waals surface area contributed by atoms with E-state index in [1.54, 1.807) is 6.92 Å². The summed E-state index contributed by atoms with van der Waals surface area (Å²) >= 11 is 0. The molecule has 0 aromatic heterocycles. The zero-order chi connectivity index (χ0) is 10.6. The predicted octanol–water partition coefficient (Wildman–Crippen LogP) is 0.295. The SMILES string of the molecule is CC(O)CCNC(=O)C1(C)CCNC1.Cl. The van der Waals surface area contributed by atoms with Crippen LogP contribution in [0.25, 0.3) is 0 Å². The van der Waals surface area contributed by atoms with Crippen LogP contribution in [0.4, 0.5) is 0 Å². The Kier molecular flexibility index (Phi) is 6.17. The molecule has 0 spiro atoms. The lowest BCUT2D eigenvalue weighted by Crippen LogP contribution is -2.41. The Morgan fingerprint density at radius 1 is 1.67 bits per heavy atom. The number of rotatable bonds is 4. The Morgan fingerprint density at radius 2 is 2.33 bits per heavy atom. The summed E-state index contributed by atoms with van der Waals surface area (Å²) in [6.07, 6.45) is 1.17. The van der Waals surface area contributed by atoms with Crippen LogP contribution in [-0.4, -0.2) is 36.8 Å². The van der Waals surface area contributed by atoms with Gasteiger partial charge in [0.15, 0.2) is 0 Å². The molecule has 1 heterocycles. The van der Waals surface area contributed by atoms with Gasteiger partial charge in [-0.15, -0.1) is 12.4 Å². The average Bonchev–Trinajstić information content (AvgIpc) is 2.52. The van der Waals surface area contributed by atoms with Gasteiger partial charge >= 0.3 is 0 Å². The molecule has 0 radical (unpaired) electrons. The highest BCUT2D eigenvalue weighted by atomic mass is 35.5. The Hall–Kier alpha value is -0.320. The molecule has 1 aliphatic rings. The van der Waals surface area contributed by atoms with E-state index in [4.69, 9.17) is 5.11 Å². The number of aliphatic hydroxyl groups excluding tert-OH is 1. The van der Waals surface area contributed by atoms with E-state index in [1.807, 2.05) is 6.92 Å². The molecule has 0 aliphatic carbocycles. The quantitative estimate of drug-likeness (QED) is 0.658. The van der Waals surface area contributed by atoms with Gasteiger partial charge < -0.3 is 15.7 Å². The lowest BCUT2D eigenvalue weighted by Gasteiger charge is -2.21. The highest BCUT2D eigenvalue weighted by molar-refractivity contribution is 5.85. The molecule has 3 N–H and O–H groups in total. The van der Waals surface area contributed by atoms with Gasteiger partial charge in [0.1, 0.15) is 0 Å². The van der Waals surface area contributed by atoms with Crippen LogP contribution >= 0.6 is 12.4 Å². The van der Waals surface area contributed by atoms with Gasteiger partial charge in [0.25, 0.3) is 0 Å². The fourth-order valence-electron chi connectivity index (χ4n) is 1.62. The van der Waals surface area contributed by atoms with E-state index in [2.05, 4.69) is 10.6 Å². The van der Waals surface area contributed by atoms with Crippen LogP contribution < -0.4 is 10.6 Å². The van der Waals surface area contributed by atoms with E-state index >= 15 is 0 Å². The molecular formula is C10H21ClN2O2. The molecule has 5 heteroatoms. The number of hydrogen-bond donors (Lipinski definition) is 3. The molecule has 2 atom stereocenters. The van der Waals surface area contributed by atoms with Crippen molar-refractivity contribution in [2.75, 3.05) is 19.6 Å². The molecule has 1 amide bonds. The Balaban J connectivity index is 0.00000196. The maximum absolute atomic E-state index is 11.7. The van der Waals surface area contributed by atoms with Gasteiger partial charge in [-0.1, -0.05) is 0 Å². The standard InChI is InChI=1S/C10H20N2O2.ClH/c1-8(13)3-5-12-9(14)10(2)4-6-11-7-10;/h8,11,13H,3-7H2,1-2H3,(H,12,14);1H. The first-order valence-corrected chi connectivity index (χ1v) is 5.22. The molecule has 1 aliphatic heterocycles. The second kappa shape index (κ2) is 6.30. The van der Waals surface area contributed by atoms with E-state index in [0.29, 0.717) is 13.0 Å². The minimum atomic E-state index is -0.343. The highest BCUT2D eigenvalue weighted by Gasteiger charge is 2.35. The van der Waals surface area contributed by atoms with E-state index < -0.39 is 0 Å².